The summed E-state index contributed by atoms with van der Waals surface area (Å²) in [5.41, 5.74) is -2.94. The Hall–Kier alpha value is -1.99. The number of aliphatic hydroxyl groups excluding tert-OH is 1. The summed E-state index contributed by atoms with van der Waals surface area (Å²) in [7, 11) is 0. The van der Waals surface area contributed by atoms with Crippen LogP contribution in [0.3, 0.4) is 0 Å². The molecule has 0 radical (unpaired) electrons. The van der Waals surface area contributed by atoms with E-state index in [2.05, 4.69) is 0 Å². The van der Waals surface area contributed by atoms with Gasteiger partial charge >= 0.3 is 5.97 Å². The Kier molecular flexibility index (Phi) is 3.45. The first-order valence-corrected chi connectivity index (χ1v) is 4.65. The van der Waals surface area contributed by atoms with E-state index in [-0.39, 0.29) is 5.56 Å². The van der Waals surface area contributed by atoms with E-state index < -0.39 is 28.3 Å². The molecule has 1 aromatic rings. The Balaban J connectivity index is 3.32. The molecule has 1 rings (SSSR count). The molecule has 7 nitrogen and oxygen atoms in total. The molecule has 92 valence electrons. The number of nitro benzene ring substituents is 1. The van der Waals surface area contributed by atoms with Crippen LogP contribution >= 0.6 is 0 Å². The second-order valence-corrected chi connectivity index (χ2v) is 3.66. The third-order valence-corrected chi connectivity index (χ3v) is 2.41. The van der Waals surface area contributed by atoms with Crippen LogP contribution in [0.15, 0.2) is 24.3 Å². The van der Waals surface area contributed by atoms with E-state index in [0.717, 1.165) is 13.0 Å². The monoisotopic (exact) mass is 241 g/mol. The van der Waals surface area contributed by atoms with Gasteiger partial charge in [0.1, 0.15) is 5.60 Å². The number of hydrogen-bond acceptors (Lipinski definition) is 5. The predicted molar refractivity (Wildman–Crippen MR) is 56.3 cm³/mol. The molecule has 1 aromatic carbocycles. The summed E-state index contributed by atoms with van der Waals surface area (Å²) in [5.74, 6) is -1.66. The summed E-state index contributed by atoms with van der Waals surface area (Å²) in [6.45, 7) is 1.01. The minimum atomic E-state index is -2.24. The van der Waals surface area contributed by atoms with E-state index in [1.54, 1.807) is 0 Å². The standard InChI is InChI=1S/C10H11NO6/c1-10(15,8(12)9(13)14)6-4-2-3-5-7(6)11(16)17/h2-5,8,12,15H,1H3,(H,13,14)/t8-,10-/m1/s1. The van der Waals surface area contributed by atoms with Crippen molar-refractivity contribution in [3.05, 3.63) is 39.9 Å². The molecule has 7 heteroatoms. The molecule has 17 heavy (non-hydrogen) atoms. The maximum Gasteiger partial charge on any atom is 0.335 e. The average molecular weight is 241 g/mol. The molecule has 0 aliphatic rings. The van der Waals surface area contributed by atoms with Crippen molar-refractivity contribution in [1.82, 2.24) is 0 Å². The quantitative estimate of drug-likeness (QED) is 0.513. The second-order valence-electron chi connectivity index (χ2n) is 3.66. The molecule has 0 fully saturated rings. The second kappa shape index (κ2) is 4.48. The van der Waals surface area contributed by atoms with E-state index in [0.29, 0.717) is 0 Å². The van der Waals surface area contributed by atoms with Gasteiger partial charge < -0.3 is 15.3 Å². The van der Waals surface area contributed by atoms with Crippen LogP contribution in [0.5, 0.6) is 0 Å². The van der Waals surface area contributed by atoms with Gasteiger partial charge in [-0.05, 0) is 13.0 Å². The van der Waals surface area contributed by atoms with Gasteiger partial charge in [-0.3, -0.25) is 10.1 Å². The van der Waals surface area contributed by atoms with E-state index >= 15 is 0 Å². The maximum absolute atomic E-state index is 10.7. The van der Waals surface area contributed by atoms with E-state index in [4.69, 9.17) is 5.11 Å². The normalized spacial score (nSPS) is 15.9. The Morgan fingerprint density at radius 2 is 2.00 bits per heavy atom. The highest BCUT2D eigenvalue weighted by Gasteiger charge is 2.41. The van der Waals surface area contributed by atoms with Crippen molar-refractivity contribution < 1.29 is 25.0 Å². The fourth-order valence-corrected chi connectivity index (χ4v) is 1.45. The van der Waals surface area contributed by atoms with Gasteiger partial charge in [-0.15, -0.1) is 0 Å². The highest BCUT2D eigenvalue weighted by Crippen LogP contribution is 2.32. The molecule has 0 amide bonds. The van der Waals surface area contributed by atoms with Crippen LogP contribution in [-0.2, 0) is 10.4 Å². The number of para-hydroxylation sites is 1. The van der Waals surface area contributed by atoms with Crippen LogP contribution in [0.25, 0.3) is 0 Å². The predicted octanol–water partition coefficient (Wildman–Crippen LogP) is 0.248. The molecule has 3 N–H and O–H groups in total. The van der Waals surface area contributed by atoms with E-state index in [1.807, 2.05) is 0 Å². The zero-order valence-corrected chi connectivity index (χ0v) is 8.90. The lowest BCUT2D eigenvalue weighted by atomic mass is 9.89. The molecule has 0 heterocycles. The molecule has 0 spiro atoms. The topological polar surface area (TPSA) is 121 Å². The number of carboxylic acid groups (broad SMARTS) is 1. The van der Waals surface area contributed by atoms with Crippen molar-refractivity contribution in [2.45, 2.75) is 18.6 Å². The molecular weight excluding hydrogens is 230 g/mol. The van der Waals surface area contributed by atoms with Crippen molar-refractivity contribution in [1.29, 1.82) is 0 Å². The number of nitro groups is 1. The number of carboxylic acids is 1. The SMILES string of the molecule is C[C@@](O)(c1ccccc1[N+](=O)[O-])[C@H](O)C(=O)O. The third-order valence-electron chi connectivity index (χ3n) is 2.41. The van der Waals surface area contributed by atoms with Gasteiger partial charge in [0.25, 0.3) is 5.69 Å². The van der Waals surface area contributed by atoms with Crippen LogP contribution < -0.4 is 0 Å². The molecule has 0 bridgehead atoms. The lowest BCUT2D eigenvalue weighted by Gasteiger charge is -2.26. The Morgan fingerprint density at radius 3 is 2.47 bits per heavy atom. The average Bonchev–Trinajstić information content (AvgIpc) is 2.27. The molecule has 0 saturated carbocycles. The van der Waals surface area contributed by atoms with Crippen molar-refractivity contribution in [3.8, 4) is 0 Å². The van der Waals surface area contributed by atoms with Gasteiger partial charge in [0.15, 0.2) is 6.10 Å². The minimum absolute atomic E-state index is 0.250. The van der Waals surface area contributed by atoms with Crippen LogP contribution in [0.2, 0.25) is 0 Å². The van der Waals surface area contributed by atoms with Gasteiger partial charge in [-0.2, -0.15) is 0 Å². The lowest BCUT2D eigenvalue weighted by Crippen LogP contribution is -2.42. The number of benzene rings is 1. The van der Waals surface area contributed by atoms with E-state index in [1.165, 1.54) is 18.2 Å². The first-order valence-electron chi connectivity index (χ1n) is 4.65. The summed E-state index contributed by atoms with van der Waals surface area (Å²) < 4.78 is 0. The lowest BCUT2D eigenvalue weighted by molar-refractivity contribution is -0.386. The zero-order chi connectivity index (χ0) is 13.2. The van der Waals surface area contributed by atoms with Gasteiger partial charge in [0.05, 0.1) is 10.5 Å². The first-order chi connectivity index (χ1) is 7.78. The fourth-order valence-electron chi connectivity index (χ4n) is 1.45. The Bertz CT molecular complexity index is 456. The summed E-state index contributed by atoms with van der Waals surface area (Å²) in [6.07, 6.45) is -2.15. The molecule has 0 aliphatic carbocycles. The number of aliphatic carboxylic acids is 1. The smallest absolute Gasteiger partial charge is 0.335 e. The maximum atomic E-state index is 10.7. The zero-order valence-electron chi connectivity index (χ0n) is 8.90. The van der Waals surface area contributed by atoms with Crippen LogP contribution in [0.4, 0.5) is 5.69 Å². The number of aliphatic hydroxyl groups is 2. The summed E-state index contributed by atoms with van der Waals surface area (Å²) >= 11 is 0. The van der Waals surface area contributed by atoms with Gasteiger partial charge in [0, 0.05) is 6.07 Å². The highest BCUT2D eigenvalue weighted by atomic mass is 16.6. The van der Waals surface area contributed by atoms with E-state index in [9.17, 15) is 25.1 Å². The number of hydrogen-bond donors (Lipinski definition) is 3. The molecule has 2 atom stereocenters. The number of rotatable bonds is 4. The fraction of sp³-hybridized carbons (Fsp3) is 0.300. The van der Waals surface area contributed by atoms with Crippen molar-refractivity contribution in [2.24, 2.45) is 0 Å². The summed E-state index contributed by atoms with van der Waals surface area (Å²) in [5, 5.41) is 38.6. The molecular formula is C10H11NO6. The largest absolute Gasteiger partial charge is 0.479 e. The van der Waals surface area contributed by atoms with Crippen LogP contribution in [0.1, 0.15) is 12.5 Å². The van der Waals surface area contributed by atoms with Crippen molar-refractivity contribution in [3.63, 3.8) is 0 Å². The van der Waals surface area contributed by atoms with Crippen LogP contribution in [0, 0.1) is 10.1 Å². The van der Waals surface area contributed by atoms with Crippen LogP contribution in [-0.4, -0.2) is 32.3 Å². The number of carbonyl (C=O) groups is 1. The van der Waals surface area contributed by atoms with Gasteiger partial charge in [0.2, 0.25) is 0 Å². The minimum Gasteiger partial charge on any atom is -0.479 e. The Morgan fingerprint density at radius 1 is 1.47 bits per heavy atom. The van der Waals surface area contributed by atoms with Crippen molar-refractivity contribution in [2.75, 3.05) is 0 Å². The highest BCUT2D eigenvalue weighted by molar-refractivity contribution is 5.74. The molecule has 0 saturated heterocycles. The third kappa shape index (κ3) is 2.40. The molecule has 0 unspecified atom stereocenters. The Labute approximate surface area is 96.1 Å². The summed E-state index contributed by atoms with van der Waals surface area (Å²) in [6, 6.07) is 5.11. The van der Waals surface area contributed by atoms with Gasteiger partial charge in [-0.25, -0.2) is 4.79 Å². The molecule has 0 aromatic heterocycles. The first kappa shape index (κ1) is 13.1. The van der Waals surface area contributed by atoms with Crippen molar-refractivity contribution >= 4 is 11.7 Å². The summed E-state index contributed by atoms with van der Waals surface area (Å²) in [4.78, 5) is 20.6. The number of nitrogens with zero attached hydrogens (tertiary/aromatic N) is 1. The molecule has 0 aliphatic heterocycles. The van der Waals surface area contributed by atoms with Gasteiger partial charge in [-0.1, -0.05) is 12.1 Å².